The highest BCUT2D eigenvalue weighted by molar-refractivity contribution is 6.93. The average molecular weight is 188 g/mol. The predicted molar refractivity (Wildman–Crippen MR) is 61.2 cm³/mol. The fraction of sp³-hybridized carbons (Fsp3) is 0.333. The Morgan fingerprint density at radius 1 is 1.23 bits per heavy atom. The summed E-state index contributed by atoms with van der Waals surface area (Å²) in [6.07, 6.45) is 2.57. The molecule has 0 saturated heterocycles. The average Bonchev–Trinajstić information content (AvgIpc) is 2.07. The Labute approximate surface area is 81.3 Å². The van der Waals surface area contributed by atoms with Crippen molar-refractivity contribution in [3.05, 3.63) is 41.6 Å². The Morgan fingerprint density at radius 3 is 2.38 bits per heavy atom. The van der Waals surface area contributed by atoms with Gasteiger partial charge in [0.1, 0.15) is 8.07 Å². The molecule has 0 aliphatic heterocycles. The van der Waals surface area contributed by atoms with E-state index in [9.17, 15) is 0 Å². The lowest BCUT2D eigenvalue weighted by molar-refractivity contribution is 0.841. The number of hydrogen-bond donors (Lipinski definition) is 0. The number of hydrogen-bond acceptors (Lipinski definition) is 0. The molecule has 0 fully saturated rings. The largest absolute Gasteiger partial charge is 0.107 e. The molecule has 0 unspecified atom stereocenters. The van der Waals surface area contributed by atoms with Crippen LogP contribution in [0.2, 0.25) is 13.1 Å². The van der Waals surface area contributed by atoms with Gasteiger partial charge in [-0.3, -0.25) is 0 Å². The van der Waals surface area contributed by atoms with E-state index in [1.165, 1.54) is 18.0 Å². The van der Waals surface area contributed by atoms with E-state index in [1.54, 1.807) is 11.1 Å². The minimum Gasteiger partial charge on any atom is -0.107 e. The van der Waals surface area contributed by atoms with Crippen molar-refractivity contribution in [2.24, 2.45) is 0 Å². The van der Waals surface area contributed by atoms with E-state index in [2.05, 4.69) is 43.6 Å². The highest BCUT2D eigenvalue weighted by Gasteiger charge is 2.21. The molecule has 0 aromatic heterocycles. The molecule has 1 aromatic rings. The highest BCUT2D eigenvalue weighted by Crippen LogP contribution is 2.22. The van der Waals surface area contributed by atoms with Crippen LogP contribution in [0.4, 0.5) is 0 Å². The normalized spacial score (nSPS) is 14.6. The molecule has 0 spiro atoms. The first-order chi connectivity index (χ1) is 6.13. The van der Waals surface area contributed by atoms with Gasteiger partial charge in [0.15, 0.2) is 0 Å². The smallest absolute Gasteiger partial charge is 0.103 e. The molecule has 0 amide bonds. The first-order valence-electron chi connectivity index (χ1n) is 4.89. The third-order valence-corrected chi connectivity index (χ3v) is 5.94. The lowest BCUT2D eigenvalue weighted by atomic mass is 9.89. The van der Waals surface area contributed by atoms with Crippen molar-refractivity contribution >= 4 is 13.3 Å². The van der Waals surface area contributed by atoms with Crippen molar-refractivity contribution in [3.8, 4) is 0 Å². The Bertz CT molecular complexity index is 350. The lowest BCUT2D eigenvalue weighted by Gasteiger charge is -2.24. The second-order valence-electron chi connectivity index (χ2n) is 4.41. The van der Waals surface area contributed by atoms with Crippen molar-refractivity contribution in [1.82, 2.24) is 0 Å². The summed E-state index contributed by atoms with van der Waals surface area (Å²) in [4.78, 5) is 0. The van der Waals surface area contributed by atoms with Crippen LogP contribution in [0.25, 0.3) is 0 Å². The van der Waals surface area contributed by atoms with Crippen LogP contribution in [0.5, 0.6) is 0 Å². The first-order valence-corrected chi connectivity index (χ1v) is 7.97. The fourth-order valence-corrected chi connectivity index (χ4v) is 3.01. The van der Waals surface area contributed by atoms with Gasteiger partial charge < -0.3 is 0 Å². The van der Waals surface area contributed by atoms with Gasteiger partial charge >= 0.3 is 0 Å². The van der Waals surface area contributed by atoms with E-state index in [-0.39, 0.29) is 0 Å². The molecule has 0 radical (unpaired) electrons. The minimum atomic E-state index is -1.31. The van der Waals surface area contributed by atoms with Crippen molar-refractivity contribution in [2.45, 2.75) is 25.9 Å². The Balaban J connectivity index is 2.42. The van der Waals surface area contributed by atoms with Gasteiger partial charge in [0.25, 0.3) is 0 Å². The van der Waals surface area contributed by atoms with Gasteiger partial charge in [-0.05, 0) is 24.0 Å². The number of rotatable bonds is 2. The van der Waals surface area contributed by atoms with Crippen LogP contribution in [-0.2, 0) is 12.8 Å². The van der Waals surface area contributed by atoms with Crippen LogP contribution < -0.4 is 5.19 Å². The van der Waals surface area contributed by atoms with Crippen LogP contribution in [0.15, 0.2) is 30.5 Å². The summed E-state index contributed by atoms with van der Waals surface area (Å²) >= 11 is 0. The molecule has 0 atom stereocenters. The van der Waals surface area contributed by atoms with Gasteiger partial charge in [0, 0.05) is 0 Å². The maximum Gasteiger partial charge on any atom is 0.103 e. The number of aryl methyl sites for hydroxylation is 2. The van der Waals surface area contributed by atoms with Gasteiger partial charge in [-0.1, -0.05) is 42.2 Å². The monoisotopic (exact) mass is 188 g/mol. The number of fused-ring (bicyclic) bond motifs is 1. The third kappa shape index (κ3) is 1.37. The zero-order valence-corrected chi connectivity index (χ0v) is 9.43. The van der Waals surface area contributed by atoms with Crippen LogP contribution in [0.3, 0.4) is 0 Å². The Hall–Kier alpha value is -0.823. The molecular formula is C12H16Si. The van der Waals surface area contributed by atoms with Crippen LogP contribution in [0, 0.1) is 0 Å². The quantitative estimate of drug-likeness (QED) is 0.625. The number of benzene rings is 1. The zero-order chi connectivity index (χ0) is 9.47. The fourth-order valence-electron chi connectivity index (χ4n) is 1.71. The van der Waals surface area contributed by atoms with Gasteiger partial charge in [-0.2, -0.15) is 0 Å². The molecule has 68 valence electrons. The summed E-state index contributed by atoms with van der Waals surface area (Å²) in [5.74, 6) is 0. The van der Waals surface area contributed by atoms with Crippen LogP contribution in [-0.4, -0.2) is 8.07 Å². The summed E-state index contributed by atoms with van der Waals surface area (Å²) in [6.45, 7) is 8.64. The molecule has 0 saturated carbocycles. The zero-order valence-electron chi connectivity index (χ0n) is 8.43. The first kappa shape index (κ1) is 8.76. The minimum absolute atomic E-state index is 1.28. The van der Waals surface area contributed by atoms with E-state index in [0.717, 1.165) is 0 Å². The molecular weight excluding hydrogens is 172 g/mol. The van der Waals surface area contributed by atoms with E-state index in [1.807, 2.05) is 0 Å². The molecule has 1 aliphatic carbocycles. The van der Waals surface area contributed by atoms with Gasteiger partial charge in [0.05, 0.1) is 0 Å². The Morgan fingerprint density at radius 2 is 1.92 bits per heavy atom. The second-order valence-corrected chi connectivity index (χ2v) is 8.84. The summed E-state index contributed by atoms with van der Waals surface area (Å²) in [7, 11) is -1.31. The summed E-state index contributed by atoms with van der Waals surface area (Å²) in [6, 6.07) is 6.99. The molecule has 0 N–H and O–H groups in total. The van der Waals surface area contributed by atoms with E-state index in [0.29, 0.717) is 0 Å². The van der Waals surface area contributed by atoms with Crippen LogP contribution in [0.1, 0.15) is 11.1 Å². The summed E-state index contributed by atoms with van der Waals surface area (Å²) in [5.41, 5.74) is 5.28. The summed E-state index contributed by atoms with van der Waals surface area (Å²) in [5, 5.41) is 1.53. The van der Waals surface area contributed by atoms with Crippen molar-refractivity contribution < 1.29 is 0 Å². The standard InChI is InChI=1S/C12H16Si/c1-4-13(2,3)12-8-7-10-5-6-11(10)9-12/h4,7-9H,1,5-6H2,2-3H3. The molecule has 1 aliphatic rings. The molecule has 1 heteroatoms. The van der Waals surface area contributed by atoms with Crippen molar-refractivity contribution in [1.29, 1.82) is 0 Å². The predicted octanol–water partition coefficient (Wildman–Crippen LogP) is 2.43. The third-order valence-electron chi connectivity index (χ3n) is 3.12. The molecule has 0 bridgehead atoms. The maximum absolute atomic E-state index is 3.94. The molecule has 2 rings (SSSR count). The molecule has 1 aromatic carbocycles. The van der Waals surface area contributed by atoms with E-state index < -0.39 is 8.07 Å². The van der Waals surface area contributed by atoms with Gasteiger partial charge in [-0.15, -0.1) is 6.58 Å². The van der Waals surface area contributed by atoms with Crippen LogP contribution >= 0.6 is 0 Å². The SMILES string of the molecule is C=C[Si](C)(C)c1ccc2c(c1)CC2. The van der Waals surface area contributed by atoms with Crippen molar-refractivity contribution in [3.63, 3.8) is 0 Å². The van der Waals surface area contributed by atoms with E-state index in [4.69, 9.17) is 0 Å². The van der Waals surface area contributed by atoms with Gasteiger partial charge in [-0.25, -0.2) is 0 Å². The summed E-state index contributed by atoms with van der Waals surface area (Å²) < 4.78 is 0. The maximum atomic E-state index is 3.94. The second kappa shape index (κ2) is 2.84. The van der Waals surface area contributed by atoms with Gasteiger partial charge in [0.2, 0.25) is 0 Å². The molecule has 13 heavy (non-hydrogen) atoms. The van der Waals surface area contributed by atoms with E-state index >= 15 is 0 Å². The lowest BCUT2D eigenvalue weighted by Crippen LogP contribution is -2.40. The Kier molecular flexibility index (Phi) is 1.92. The van der Waals surface area contributed by atoms with Crippen molar-refractivity contribution in [2.75, 3.05) is 0 Å². The molecule has 0 nitrogen and oxygen atoms in total. The molecule has 0 heterocycles. The topological polar surface area (TPSA) is 0 Å². The highest BCUT2D eigenvalue weighted by atomic mass is 28.3.